The van der Waals surface area contributed by atoms with Gasteiger partial charge in [0.15, 0.2) is 0 Å². The molecule has 0 saturated carbocycles. The van der Waals surface area contributed by atoms with Crippen molar-refractivity contribution >= 4 is 11.9 Å². The third kappa shape index (κ3) is 10.0. The summed E-state index contributed by atoms with van der Waals surface area (Å²) in [5, 5.41) is 17.8. The van der Waals surface area contributed by atoms with Gasteiger partial charge in [0.25, 0.3) is 0 Å². The fraction of sp³-hybridized carbons (Fsp3) is 0.364. The first-order valence-corrected chi connectivity index (χ1v) is 8.83. The van der Waals surface area contributed by atoms with Crippen molar-refractivity contribution in [2.45, 2.75) is 52.7 Å². The topological polar surface area (TPSA) is 93.1 Å². The third-order valence-corrected chi connectivity index (χ3v) is 3.07. The van der Waals surface area contributed by atoms with Crippen molar-refractivity contribution in [3.05, 3.63) is 59.7 Å². The van der Waals surface area contributed by atoms with Crippen LogP contribution >= 0.6 is 0 Å². The van der Waals surface area contributed by atoms with Crippen LogP contribution in [0.5, 0.6) is 11.5 Å². The Balaban J connectivity index is 0.000000523. The first kappa shape index (κ1) is 26.5. The molecule has 6 nitrogen and oxygen atoms in total. The molecule has 29 heavy (non-hydrogen) atoms. The second-order valence-electron chi connectivity index (χ2n) is 8.03. The average molecular weight is 440 g/mol. The summed E-state index contributed by atoms with van der Waals surface area (Å²) in [5.74, 6) is -1.12. The van der Waals surface area contributed by atoms with Crippen LogP contribution in [0.2, 0.25) is 0 Å². The molecular weight excluding hydrogens is 412 g/mol. The summed E-state index contributed by atoms with van der Waals surface area (Å²) in [6.45, 7) is 11.3. The number of ether oxygens (including phenoxy) is 2. The molecule has 0 fully saturated rings. The van der Waals surface area contributed by atoms with Gasteiger partial charge in [-0.3, -0.25) is 0 Å². The standard InChI is InChI=1S/2C11H14O3.Cr/c2*1-11(2,3)14-9-7-5-4-6-8(9)10(12)13;/h2*4-7H,1-3H3,(H,12,13);. The van der Waals surface area contributed by atoms with Crippen LogP contribution in [-0.2, 0) is 17.4 Å². The second kappa shape index (κ2) is 10.9. The summed E-state index contributed by atoms with van der Waals surface area (Å²) in [5.41, 5.74) is -0.373. The van der Waals surface area contributed by atoms with Crippen molar-refractivity contribution in [1.29, 1.82) is 0 Å². The summed E-state index contributed by atoms with van der Waals surface area (Å²) < 4.78 is 11.0. The van der Waals surface area contributed by atoms with Gasteiger partial charge in [0.05, 0.1) is 0 Å². The summed E-state index contributed by atoms with van der Waals surface area (Å²) in [6, 6.07) is 13.3. The van der Waals surface area contributed by atoms with Crippen LogP contribution < -0.4 is 9.47 Å². The average Bonchev–Trinajstić information content (AvgIpc) is 2.53. The third-order valence-electron chi connectivity index (χ3n) is 3.07. The number of benzene rings is 2. The van der Waals surface area contributed by atoms with Gasteiger partial charge < -0.3 is 19.7 Å². The molecule has 0 heterocycles. The fourth-order valence-electron chi connectivity index (χ4n) is 2.12. The van der Waals surface area contributed by atoms with Crippen molar-refractivity contribution in [1.82, 2.24) is 0 Å². The Hall–Kier alpha value is -2.49. The SMILES string of the molecule is CC(C)(C)Oc1ccccc1C(=O)O.CC(C)(C)Oc1ccccc1C(=O)O.[Cr]. The Labute approximate surface area is 182 Å². The monoisotopic (exact) mass is 440 g/mol. The van der Waals surface area contributed by atoms with Gasteiger partial charge in [-0.25, -0.2) is 9.59 Å². The Morgan fingerprint density at radius 2 is 0.931 bits per heavy atom. The van der Waals surface area contributed by atoms with Crippen molar-refractivity contribution in [2.75, 3.05) is 0 Å². The van der Waals surface area contributed by atoms with Crippen molar-refractivity contribution in [3.63, 3.8) is 0 Å². The van der Waals surface area contributed by atoms with E-state index in [-0.39, 0.29) is 39.7 Å². The number of carbonyl (C=O) groups is 2. The maximum absolute atomic E-state index is 10.8. The summed E-state index contributed by atoms with van der Waals surface area (Å²) in [7, 11) is 0. The van der Waals surface area contributed by atoms with E-state index in [1.165, 1.54) is 12.1 Å². The van der Waals surface area contributed by atoms with Crippen LogP contribution in [0.25, 0.3) is 0 Å². The molecule has 0 aliphatic heterocycles. The minimum Gasteiger partial charge on any atom is -0.487 e. The number of para-hydroxylation sites is 2. The molecule has 0 aliphatic carbocycles. The van der Waals surface area contributed by atoms with Crippen LogP contribution in [0, 0.1) is 0 Å². The summed E-state index contributed by atoms with van der Waals surface area (Å²) in [4.78, 5) is 21.7. The smallest absolute Gasteiger partial charge is 0.339 e. The first-order chi connectivity index (χ1) is 12.8. The van der Waals surface area contributed by atoms with Crippen LogP contribution in [0.1, 0.15) is 62.3 Å². The molecule has 0 spiro atoms. The van der Waals surface area contributed by atoms with Crippen molar-refractivity contribution in [3.8, 4) is 11.5 Å². The fourth-order valence-corrected chi connectivity index (χ4v) is 2.12. The van der Waals surface area contributed by atoms with Gasteiger partial charge in [0, 0.05) is 17.4 Å². The van der Waals surface area contributed by atoms with Gasteiger partial charge in [-0.15, -0.1) is 0 Å². The maximum Gasteiger partial charge on any atom is 0.339 e. The van der Waals surface area contributed by atoms with Gasteiger partial charge in [-0.1, -0.05) is 24.3 Å². The maximum atomic E-state index is 10.8. The van der Waals surface area contributed by atoms with Crippen LogP contribution in [0.15, 0.2) is 48.5 Å². The van der Waals surface area contributed by atoms with E-state index in [9.17, 15) is 9.59 Å². The molecule has 0 aromatic heterocycles. The number of carboxylic acids is 2. The Morgan fingerprint density at radius 1 is 0.655 bits per heavy atom. The second-order valence-corrected chi connectivity index (χ2v) is 8.03. The van der Waals surface area contributed by atoms with Gasteiger partial charge >= 0.3 is 11.9 Å². The Morgan fingerprint density at radius 3 is 1.17 bits per heavy atom. The predicted molar refractivity (Wildman–Crippen MR) is 108 cm³/mol. The minimum atomic E-state index is -0.968. The minimum absolute atomic E-state index is 0. The van der Waals surface area contributed by atoms with Crippen LogP contribution in [0.3, 0.4) is 0 Å². The molecule has 0 atom stereocenters. The number of aromatic carboxylic acids is 2. The molecule has 0 unspecified atom stereocenters. The zero-order valence-electron chi connectivity index (χ0n) is 17.6. The number of rotatable bonds is 4. The summed E-state index contributed by atoms with van der Waals surface area (Å²) >= 11 is 0. The van der Waals surface area contributed by atoms with Gasteiger partial charge in [0.2, 0.25) is 0 Å². The normalized spacial score (nSPS) is 10.7. The number of hydrogen-bond acceptors (Lipinski definition) is 4. The summed E-state index contributed by atoms with van der Waals surface area (Å²) in [6.07, 6.45) is 0. The molecule has 0 saturated heterocycles. The van der Waals surface area contributed by atoms with E-state index in [4.69, 9.17) is 19.7 Å². The molecule has 7 heteroatoms. The number of carboxylic acid groups (broad SMARTS) is 2. The predicted octanol–water partition coefficient (Wildman–Crippen LogP) is 5.12. The molecule has 2 N–H and O–H groups in total. The molecule has 2 aromatic rings. The molecule has 0 aliphatic rings. The van der Waals surface area contributed by atoms with E-state index in [1.807, 2.05) is 41.5 Å². The van der Waals surface area contributed by atoms with E-state index in [2.05, 4.69) is 0 Å². The molecular formula is C22H28CrO6. The zero-order chi connectivity index (χ0) is 21.5. The van der Waals surface area contributed by atoms with Crippen molar-refractivity contribution < 1.29 is 46.6 Å². The molecule has 2 aromatic carbocycles. The van der Waals surface area contributed by atoms with Gasteiger partial charge in [-0.2, -0.15) is 0 Å². The van der Waals surface area contributed by atoms with E-state index < -0.39 is 11.9 Å². The van der Waals surface area contributed by atoms with E-state index in [0.717, 1.165) is 0 Å². The zero-order valence-corrected chi connectivity index (χ0v) is 18.8. The quantitative estimate of drug-likeness (QED) is 0.685. The molecule has 0 bridgehead atoms. The van der Waals surface area contributed by atoms with E-state index in [0.29, 0.717) is 11.5 Å². The Kier molecular flexibility index (Phi) is 9.96. The Bertz CT molecular complexity index is 749. The number of hydrogen-bond donors (Lipinski definition) is 2. The largest absolute Gasteiger partial charge is 0.487 e. The van der Waals surface area contributed by atoms with E-state index >= 15 is 0 Å². The van der Waals surface area contributed by atoms with Gasteiger partial charge in [-0.05, 0) is 65.8 Å². The van der Waals surface area contributed by atoms with E-state index in [1.54, 1.807) is 36.4 Å². The van der Waals surface area contributed by atoms with Crippen molar-refractivity contribution in [2.24, 2.45) is 0 Å². The van der Waals surface area contributed by atoms with Crippen LogP contribution in [0.4, 0.5) is 0 Å². The molecule has 0 amide bonds. The molecule has 0 radical (unpaired) electrons. The molecule has 158 valence electrons. The van der Waals surface area contributed by atoms with Gasteiger partial charge in [0.1, 0.15) is 33.8 Å². The molecule has 2 rings (SSSR count). The van der Waals surface area contributed by atoms with Crippen LogP contribution in [-0.4, -0.2) is 33.4 Å². The first-order valence-electron chi connectivity index (χ1n) is 8.83.